The van der Waals surface area contributed by atoms with Gasteiger partial charge in [0.1, 0.15) is 18.4 Å². The first-order valence-corrected chi connectivity index (χ1v) is 14.1. The first kappa shape index (κ1) is 30.2. The van der Waals surface area contributed by atoms with E-state index in [1.54, 1.807) is 6.07 Å². The van der Waals surface area contributed by atoms with Crippen LogP contribution in [0, 0.1) is 15.9 Å². The zero-order valence-electron chi connectivity index (χ0n) is 22.2. The fourth-order valence-corrected chi connectivity index (χ4v) is 5.33. The molecular formula is C28H31FN4O6S. The number of non-ortho nitro benzene ring substituents is 1. The number of nitrogens with one attached hydrogen (secondary N) is 1. The molecule has 0 saturated carbocycles. The molecule has 2 amide bonds. The summed E-state index contributed by atoms with van der Waals surface area (Å²) in [6.07, 6.45) is 1.60. The Kier molecular flexibility index (Phi) is 10.3. The molecule has 3 aromatic carbocycles. The van der Waals surface area contributed by atoms with E-state index in [0.29, 0.717) is 12.1 Å². The Hall–Kier alpha value is -4.32. The molecule has 212 valence electrons. The second-order valence-corrected chi connectivity index (χ2v) is 10.9. The molecule has 0 heterocycles. The number of hydrogen-bond acceptors (Lipinski definition) is 6. The van der Waals surface area contributed by atoms with Crippen molar-refractivity contribution in [2.24, 2.45) is 0 Å². The molecule has 0 aromatic heterocycles. The zero-order valence-corrected chi connectivity index (χ0v) is 23.0. The number of benzene rings is 3. The summed E-state index contributed by atoms with van der Waals surface area (Å²) in [7, 11) is -4.29. The number of carbonyl (C=O) groups excluding carboxylic acids is 2. The summed E-state index contributed by atoms with van der Waals surface area (Å²) in [6, 6.07) is 16.7. The number of sulfonamides is 1. The van der Waals surface area contributed by atoms with Crippen molar-refractivity contribution >= 4 is 33.2 Å². The van der Waals surface area contributed by atoms with Gasteiger partial charge in [0.15, 0.2) is 0 Å². The molecule has 0 aliphatic rings. The van der Waals surface area contributed by atoms with Crippen LogP contribution in [0.1, 0.15) is 32.3 Å². The molecule has 0 radical (unpaired) electrons. The Balaban J connectivity index is 2.00. The number of hydrogen-bond donors (Lipinski definition) is 1. The van der Waals surface area contributed by atoms with Gasteiger partial charge in [0.25, 0.3) is 15.7 Å². The molecule has 0 aliphatic heterocycles. The second-order valence-electron chi connectivity index (χ2n) is 9.07. The molecule has 40 heavy (non-hydrogen) atoms. The molecule has 0 bridgehead atoms. The Morgan fingerprint density at radius 2 is 1.62 bits per heavy atom. The normalized spacial score (nSPS) is 11.9. The van der Waals surface area contributed by atoms with Gasteiger partial charge < -0.3 is 10.2 Å². The van der Waals surface area contributed by atoms with E-state index in [1.165, 1.54) is 72.5 Å². The van der Waals surface area contributed by atoms with Gasteiger partial charge in [-0.2, -0.15) is 0 Å². The van der Waals surface area contributed by atoms with Crippen LogP contribution in [0.4, 0.5) is 15.8 Å². The number of carbonyl (C=O) groups is 2. The summed E-state index contributed by atoms with van der Waals surface area (Å²) in [5, 5.41) is 13.9. The van der Waals surface area contributed by atoms with E-state index in [9.17, 15) is 32.5 Å². The van der Waals surface area contributed by atoms with E-state index in [-0.39, 0.29) is 22.8 Å². The number of rotatable bonds is 13. The average Bonchev–Trinajstić information content (AvgIpc) is 2.95. The first-order chi connectivity index (χ1) is 19.0. The Bertz CT molecular complexity index is 1420. The number of anilines is 1. The first-order valence-electron chi connectivity index (χ1n) is 12.7. The lowest BCUT2D eigenvalue weighted by Gasteiger charge is -2.32. The van der Waals surface area contributed by atoms with E-state index in [4.69, 9.17) is 0 Å². The molecule has 3 rings (SSSR count). The molecule has 0 saturated heterocycles. The van der Waals surface area contributed by atoms with Gasteiger partial charge in [-0.15, -0.1) is 0 Å². The van der Waals surface area contributed by atoms with Crippen LogP contribution in [0.3, 0.4) is 0 Å². The summed E-state index contributed by atoms with van der Waals surface area (Å²) in [4.78, 5) is 38.4. The number of nitro benzene ring substituents is 1. The van der Waals surface area contributed by atoms with Crippen LogP contribution in [-0.4, -0.2) is 49.2 Å². The van der Waals surface area contributed by atoms with E-state index in [2.05, 4.69) is 5.32 Å². The fourth-order valence-electron chi connectivity index (χ4n) is 3.89. The van der Waals surface area contributed by atoms with Gasteiger partial charge >= 0.3 is 0 Å². The number of unbranched alkanes of at least 4 members (excludes halogenated alkanes) is 1. The molecule has 0 fully saturated rings. The van der Waals surface area contributed by atoms with Crippen molar-refractivity contribution in [1.82, 2.24) is 10.2 Å². The van der Waals surface area contributed by atoms with E-state index < -0.39 is 45.2 Å². The SMILES string of the molecule is CCCCNC(=O)C(C)N(Cc1ccc(F)cc1)C(=O)CN(c1ccc([N+](=O)[O-])cc1)S(=O)(=O)c1ccccc1. The minimum Gasteiger partial charge on any atom is -0.354 e. The van der Waals surface area contributed by atoms with Crippen LogP contribution in [0.15, 0.2) is 83.8 Å². The lowest BCUT2D eigenvalue weighted by atomic mass is 10.1. The van der Waals surface area contributed by atoms with Crippen molar-refractivity contribution in [3.8, 4) is 0 Å². The predicted octanol–water partition coefficient (Wildman–Crippen LogP) is 4.26. The van der Waals surface area contributed by atoms with Gasteiger partial charge in [-0.05, 0) is 55.3 Å². The van der Waals surface area contributed by atoms with Crippen LogP contribution in [0.25, 0.3) is 0 Å². The molecule has 0 spiro atoms. The van der Waals surface area contributed by atoms with Crippen LogP contribution in [-0.2, 0) is 26.2 Å². The van der Waals surface area contributed by atoms with Gasteiger partial charge in [0.2, 0.25) is 11.8 Å². The van der Waals surface area contributed by atoms with Gasteiger partial charge in [0, 0.05) is 25.2 Å². The molecule has 1 atom stereocenters. The zero-order chi connectivity index (χ0) is 29.3. The second kappa shape index (κ2) is 13.7. The molecular weight excluding hydrogens is 539 g/mol. The Morgan fingerprint density at radius 1 is 1.00 bits per heavy atom. The monoisotopic (exact) mass is 570 g/mol. The van der Waals surface area contributed by atoms with Crippen molar-refractivity contribution in [3.63, 3.8) is 0 Å². The van der Waals surface area contributed by atoms with Crippen LogP contribution < -0.4 is 9.62 Å². The van der Waals surface area contributed by atoms with Gasteiger partial charge in [-0.25, -0.2) is 12.8 Å². The molecule has 1 N–H and O–H groups in total. The highest BCUT2D eigenvalue weighted by atomic mass is 32.2. The van der Waals surface area contributed by atoms with Crippen molar-refractivity contribution in [2.75, 3.05) is 17.4 Å². The standard InChI is InChI=1S/C28H31FN4O6S/c1-3-4-18-30-28(35)21(2)31(19-22-10-12-23(29)13-11-22)27(34)20-32(24-14-16-25(17-15-24)33(36)37)40(38,39)26-8-6-5-7-9-26/h5-17,21H,3-4,18-20H2,1-2H3,(H,30,35). The lowest BCUT2D eigenvalue weighted by molar-refractivity contribution is -0.384. The minimum atomic E-state index is -4.29. The summed E-state index contributed by atoms with van der Waals surface area (Å²) in [5.41, 5.74) is 0.322. The predicted molar refractivity (Wildman–Crippen MR) is 148 cm³/mol. The largest absolute Gasteiger partial charge is 0.354 e. The number of amides is 2. The molecule has 3 aromatic rings. The number of halogens is 1. The van der Waals surface area contributed by atoms with Crippen LogP contribution in [0.5, 0.6) is 0 Å². The molecule has 12 heteroatoms. The summed E-state index contributed by atoms with van der Waals surface area (Å²) in [6.45, 7) is 3.14. The quantitative estimate of drug-likeness (QED) is 0.186. The summed E-state index contributed by atoms with van der Waals surface area (Å²) < 4.78 is 41.7. The smallest absolute Gasteiger partial charge is 0.269 e. The summed E-state index contributed by atoms with van der Waals surface area (Å²) in [5.74, 6) is -1.58. The van der Waals surface area contributed by atoms with Crippen molar-refractivity contribution in [1.29, 1.82) is 0 Å². The summed E-state index contributed by atoms with van der Waals surface area (Å²) >= 11 is 0. The van der Waals surface area contributed by atoms with Crippen molar-refractivity contribution in [3.05, 3.63) is 100 Å². The van der Waals surface area contributed by atoms with Crippen molar-refractivity contribution < 1.29 is 27.3 Å². The van der Waals surface area contributed by atoms with Crippen LogP contribution >= 0.6 is 0 Å². The highest BCUT2D eigenvalue weighted by molar-refractivity contribution is 7.92. The highest BCUT2D eigenvalue weighted by Gasteiger charge is 2.32. The third kappa shape index (κ3) is 7.63. The fraction of sp³-hybridized carbons (Fsp3) is 0.286. The molecule has 10 nitrogen and oxygen atoms in total. The van der Waals surface area contributed by atoms with Gasteiger partial charge in [-0.1, -0.05) is 43.7 Å². The molecule has 0 aliphatic carbocycles. The van der Waals surface area contributed by atoms with E-state index in [1.807, 2.05) is 6.92 Å². The number of nitrogens with zero attached hydrogens (tertiary/aromatic N) is 3. The third-order valence-electron chi connectivity index (χ3n) is 6.22. The third-order valence-corrected chi connectivity index (χ3v) is 8.01. The Morgan fingerprint density at radius 3 is 2.20 bits per heavy atom. The average molecular weight is 571 g/mol. The van der Waals surface area contributed by atoms with Gasteiger partial charge in [0.05, 0.1) is 15.5 Å². The lowest BCUT2D eigenvalue weighted by Crippen LogP contribution is -2.51. The maximum atomic E-state index is 13.8. The van der Waals surface area contributed by atoms with Crippen molar-refractivity contribution in [2.45, 2.75) is 44.2 Å². The Labute approximate surface area is 232 Å². The van der Waals surface area contributed by atoms with E-state index >= 15 is 0 Å². The number of nitro groups is 1. The maximum Gasteiger partial charge on any atom is 0.269 e. The molecule has 1 unspecified atom stereocenters. The topological polar surface area (TPSA) is 130 Å². The van der Waals surface area contributed by atoms with Gasteiger partial charge in [-0.3, -0.25) is 24.0 Å². The highest BCUT2D eigenvalue weighted by Crippen LogP contribution is 2.26. The van der Waals surface area contributed by atoms with Crippen LogP contribution in [0.2, 0.25) is 0 Å². The van der Waals surface area contributed by atoms with E-state index in [0.717, 1.165) is 29.3 Å². The minimum absolute atomic E-state index is 0.0320. The maximum absolute atomic E-state index is 13.8.